The molecule has 1 aliphatic rings. The van der Waals surface area contributed by atoms with Crippen LogP contribution >= 0.6 is 11.6 Å². The van der Waals surface area contributed by atoms with Gasteiger partial charge in [-0.2, -0.15) is 4.31 Å². The van der Waals surface area contributed by atoms with Crippen LogP contribution in [0, 0.1) is 5.82 Å². The molecule has 0 bridgehead atoms. The highest BCUT2D eigenvalue weighted by Gasteiger charge is 2.30. The fourth-order valence-electron chi connectivity index (χ4n) is 3.06. The van der Waals surface area contributed by atoms with Gasteiger partial charge >= 0.3 is 0 Å². The summed E-state index contributed by atoms with van der Waals surface area (Å²) in [7, 11) is -3.80. The smallest absolute Gasteiger partial charge is 0.268 e. The summed E-state index contributed by atoms with van der Waals surface area (Å²) in [5.41, 5.74) is 1.25. The summed E-state index contributed by atoms with van der Waals surface area (Å²) < 4.78 is 40.3. The fraction of sp³-hybridized carbons (Fsp3) is 0.300. The van der Waals surface area contributed by atoms with Crippen LogP contribution in [0.5, 0.6) is 0 Å². The van der Waals surface area contributed by atoms with Crippen LogP contribution in [0.3, 0.4) is 0 Å². The molecule has 0 spiro atoms. The molecule has 2 aromatic rings. The van der Waals surface area contributed by atoms with Crippen molar-refractivity contribution in [2.24, 2.45) is 5.16 Å². The van der Waals surface area contributed by atoms with Crippen LogP contribution in [-0.2, 0) is 19.7 Å². The molecule has 0 saturated heterocycles. The van der Waals surface area contributed by atoms with Crippen molar-refractivity contribution in [3.8, 4) is 0 Å². The maximum atomic E-state index is 13.4. The third-order valence-electron chi connectivity index (χ3n) is 4.64. The number of carbonyl (C=O) groups excluding carboxylic acids is 1. The molecule has 160 valence electrons. The Morgan fingerprint density at radius 2 is 2.00 bits per heavy atom. The van der Waals surface area contributed by atoms with Crippen molar-refractivity contribution >= 4 is 38.9 Å². The number of carbonyl (C=O) groups is 1. The van der Waals surface area contributed by atoms with E-state index in [-0.39, 0.29) is 22.0 Å². The lowest BCUT2D eigenvalue weighted by atomic mass is 10.0. The third kappa shape index (κ3) is 4.63. The number of nitrogens with one attached hydrogen (secondary N) is 1. The van der Waals surface area contributed by atoms with Crippen LogP contribution in [0.25, 0.3) is 0 Å². The molecule has 7 nitrogen and oxygen atoms in total. The summed E-state index contributed by atoms with van der Waals surface area (Å²) >= 11 is 6.11. The first kappa shape index (κ1) is 22.2. The summed E-state index contributed by atoms with van der Waals surface area (Å²) in [5.74, 6) is -0.912. The minimum absolute atomic E-state index is 0.0636. The second kappa shape index (κ2) is 9.11. The monoisotopic (exact) mass is 453 g/mol. The first-order valence-corrected chi connectivity index (χ1v) is 11.2. The van der Waals surface area contributed by atoms with Crippen molar-refractivity contribution in [3.05, 3.63) is 58.9 Å². The first-order chi connectivity index (χ1) is 14.3. The Kier molecular flexibility index (Phi) is 6.74. The largest absolute Gasteiger partial charge is 0.382 e. The number of benzene rings is 2. The van der Waals surface area contributed by atoms with E-state index in [1.807, 2.05) is 0 Å². The Morgan fingerprint density at radius 1 is 1.27 bits per heavy atom. The maximum absolute atomic E-state index is 13.4. The fourth-order valence-corrected chi connectivity index (χ4v) is 5.02. The van der Waals surface area contributed by atoms with Gasteiger partial charge in [-0.25, -0.2) is 12.8 Å². The number of hydrogen-bond acceptors (Lipinski definition) is 5. The molecule has 10 heteroatoms. The van der Waals surface area contributed by atoms with E-state index in [0.717, 1.165) is 0 Å². The molecule has 1 N–H and O–H groups in total. The van der Waals surface area contributed by atoms with Gasteiger partial charge in [-0.3, -0.25) is 4.79 Å². The van der Waals surface area contributed by atoms with Crippen LogP contribution in [0.2, 0.25) is 5.02 Å². The predicted molar refractivity (Wildman–Crippen MR) is 113 cm³/mol. The van der Waals surface area contributed by atoms with E-state index in [2.05, 4.69) is 10.5 Å². The van der Waals surface area contributed by atoms with Crippen LogP contribution in [0.4, 0.5) is 10.1 Å². The van der Waals surface area contributed by atoms with Crippen molar-refractivity contribution in [1.29, 1.82) is 0 Å². The van der Waals surface area contributed by atoms with E-state index in [9.17, 15) is 17.6 Å². The van der Waals surface area contributed by atoms with Gasteiger partial charge in [0.2, 0.25) is 16.1 Å². The molecular weight excluding hydrogens is 433 g/mol. The molecule has 1 heterocycles. The summed E-state index contributed by atoms with van der Waals surface area (Å²) in [4.78, 5) is 17.7. The SMILES string of the molecule is CCN(CC)S(=O)(=O)c1cc(NC(=O)C2CC(c3cccc(F)c3)=NO2)ccc1Cl. The molecule has 30 heavy (non-hydrogen) atoms. The number of hydrogen-bond donors (Lipinski definition) is 1. The quantitative estimate of drug-likeness (QED) is 0.693. The molecule has 2 aromatic carbocycles. The number of rotatable bonds is 7. The number of halogens is 2. The van der Waals surface area contributed by atoms with Gasteiger partial charge in [0.15, 0.2) is 0 Å². The molecule has 0 radical (unpaired) electrons. The number of sulfonamides is 1. The van der Waals surface area contributed by atoms with Crippen molar-refractivity contribution in [1.82, 2.24) is 4.31 Å². The van der Waals surface area contributed by atoms with Gasteiger partial charge in [0.05, 0.1) is 10.7 Å². The van der Waals surface area contributed by atoms with Crippen molar-refractivity contribution < 1.29 is 22.4 Å². The Labute approximate surface area is 179 Å². The summed E-state index contributed by atoms with van der Waals surface area (Å²) in [5, 5.41) is 6.57. The summed E-state index contributed by atoms with van der Waals surface area (Å²) in [6.07, 6.45) is -0.755. The molecule has 0 aliphatic carbocycles. The number of nitrogens with zero attached hydrogens (tertiary/aromatic N) is 2. The average Bonchev–Trinajstić information content (AvgIpc) is 3.20. The van der Waals surface area contributed by atoms with Crippen LogP contribution in [-0.4, -0.2) is 43.5 Å². The third-order valence-corrected chi connectivity index (χ3v) is 7.17. The van der Waals surface area contributed by atoms with Crippen molar-refractivity contribution in [3.63, 3.8) is 0 Å². The van der Waals surface area contributed by atoms with E-state index < -0.39 is 27.9 Å². The van der Waals surface area contributed by atoms with Gasteiger partial charge in [0, 0.05) is 30.8 Å². The zero-order chi connectivity index (χ0) is 21.9. The van der Waals surface area contributed by atoms with Gasteiger partial charge in [0.25, 0.3) is 5.91 Å². The summed E-state index contributed by atoms with van der Waals surface area (Å²) in [6.45, 7) is 4.05. The zero-order valence-corrected chi connectivity index (χ0v) is 18.0. The van der Waals surface area contributed by atoms with Gasteiger partial charge < -0.3 is 10.2 Å². The zero-order valence-electron chi connectivity index (χ0n) is 16.4. The minimum atomic E-state index is -3.80. The molecule has 0 saturated carbocycles. The average molecular weight is 454 g/mol. The number of anilines is 1. The Hall–Kier alpha value is -2.49. The van der Waals surface area contributed by atoms with E-state index in [1.54, 1.807) is 26.0 Å². The second-order valence-electron chi connectivity index (χ2n) is 6.57. The second-order valence-corrected chi connectivity index (χ2v) is 8.88. The standard InChI is InChI=1S/C20H21ClFN3O4S/c1-3-25(4-2)30(27,28)19-11-15(8-9-16(19)21)23-20(26)18-12-17(24-29-18)13-6-5-7-14(22)10-13/h5-11,18H,3-4,12H2,1-2H3,(H,23,26). The lowest BCUT2D eigenvalue weighted by Crippen LogP contribution is -2.31. The Bertz CT molecular complexity index is 1090. The summed E-state index contributed by atoms with van der Waals surface area (Å²) in [6, 6.07) is 10.1. The number of amides is 1. The van der Waals surface area contributed by atoms with Crippen LogP contribution in [0.15, 0.2) is 52.5 Å². The highest BCUT2D eigenvalue weighted by Crippen LogP contribution is 2.28. The first-order valence-electron chi connectivity index (χ1n) is 9.35. The van der Waals surface area contributed by atoms with Gasteiger partial charge in [0.1, 0.15) is 10.7 Å². The molecule has 1 unspecified atom stereocenters. The van der Waals surface area contributed by atoms with E-state index in [4.69, 9.17) is 16.4 Å². The normalized spacial score (nSPS) is 16.3. The Morgan fingerprint density at radius 3 is 2.67 bits per heavy atom. The van der Waals surface area contributed by atoms with Crippen LogP contribution in [0.1, 0.15) is 25.8 Å². The van der Waals surface area contributed by atoms with E-state index >= 15 is 0 Å². The van der Waals surface area contributed by atoms with Gasteiger partial charge in [-0.15, -0.1) is 0 Å². The topological polar surface area (TPSA) is 88.1 Å². The van der Waals surface area contributed by atoms with E-state index in [1.165, 1.54) is 34.6 Å². The van der Waals surface area contributed by atoms with E-state index in [0.29, 0.717) is 24.4 Å². The van der Waals surface area contributed by atoms with Crippen molar-refractivity contribution in [2.45, 2.75) is 31.3 Å². The molecule has 1 aliphatic heterocycles. The molecular formula is C20H21ClFN3O4S. The van der Waals surface area contributed by atoms with Crippen LogP contribution < -0.4 is 5.32 Å². The molecule has 1 amide bonds. The number of oxime groups is 1. The highest BCUT2D eigenvalue weighted by molar-refractivity contribution is 7.89. The van der Waals surface area contributed by atoms with Gasteiger partial charge in [-0.1, -0.05) is 42.7 Å². The molecule has 1 atom stereocenters. The highest BCUT2D eigenvalue weighted by atomic mass is 35.5. The molecule has 3 rings (SSSR count). The van der Waals surface area contributed by atoms with Crippen molar-refractivity contribution in [2.75, 3.05) is 18.4 Å². The minimum Gasteiger partial charge on any atom is -0.382 e. The predicted octanol–water partition coefficient (Wildman–Crippen LogP) is 3.64. The van der Waals surface area contributed by atoms with Gasteiger partial charge in [-0.05, 0) is 30.3 Å². The molecule has 0 aromatic heterocycles. The lowest BCUT2D eigenvalue weighted by molar-refractivity contribution is -0.125. The molecule has 0 fully saturated rings. The maximum Gasteiger partial charge on any atom is 0.268 e. The Balaban J connectivity index is 1.74. The lowest BCUT2D eigenvalue weighted by Gasteiger charge is -2.20.